The largest absolute Gasteiger partial charge is 0.416 e. The Labute approximate surface area is 96.0 Å². The molecule has 6 heteroatoms. The van der Waals surface area contributed by atoms with Crippen LogP contribution in [0.5, 0.6) is 0 Å². The highest BCUT2D eigenvalue weighted by Gasteiger charge is 2.32. The van der Waals surface area contributed by atoms with E-state index in [0.717, 1.165) is 12.1 Å². The lowest BCUT2D eigenvalue weighted by atomic mass is 10.1. The van der Waals surface area contributed by atoms with Crippen LogP contribution >= 0.6 is 0 Å². The number of anilines is 2. The van der Waals surface area contributed by atoms with Gasteiger partial charge in [0.25, 0.3) is 0 Å². The standard InChI is InChI=1S/C11H11F3N2O/c12-11(13,14)7-3-4-8(15)9(6-7)16-5-1-2-10(16)17/h3-4,6H,1-2,5,15H2. The molecule has 1 saturated heterocycles. The number of nitrogens with zero attached hydrogens (tertiary/aromatic N) is 1. The van der Waals surface area contributed by atoms with Crippen LogP contribution in [0, 0.1) is 0 Å². The molecule has 0 aromatic heterocycles. The SMILES string of the molecule is Nc1ccc(C(F)(F)F)cc1N1CCCC1=O. The van der Waals surface area contributed by atoms with Gasteiger partial charge in [-0.2, -0.15) is 13.2 Å². The van der Waals surface area contributed by atoms with Crippen molar-refractivity contribution in [3.05, 3.63) is 23.8 Å². The molecule has 0 spiro atoms. The average Bonchev–Trinajstić information content (AvgIpc) is 2.63. The minimum absolute atomic E-state index is 0.155. The summed E-state index contributed by atoms with van der Waals surface area (Å²) in [4.78, 5) is 12.8. The first kappa shape index (κ1) is 11.8. The Morgan fingerprint density at radius 1 is 1.29 bits per heavy atom. The monoisotopic (exact) mass is 244 g/mol. The molecule has 0 bridgehead atoms. The average molecular weight is 244 g/mol. The molecule has 17 heavy (non-hydrogen) atoms. The minimum Gasteiger partial charge on any atom is -0.397 e. The number of hydrogen-bond donors (Lipinski definition) is 1. The van der Waals surface area contributed by atoms with Crippen molar-refractivity contribution >= 4 is 17.3 Å². The Bertz CT molecular complexity index is 457. The van der Waals surface area contributed by atoms with Crippen LogP contribution in [0.15, 0.2) is 18.2 Å². The van der Waals surface area contributed by atoms with Crippen molar-refractivity contribution in [2.45, 2.75) is 19.0 Å². The van der Waals surface area contributed by atoms with Crippen molar-refractivity contribution in [1.82, 2.24) is 0 Å². The van der Waals surface area contributed by atoms with E-state index >= 15 is 0 Å². The predicted molar refractivity (Wildman–Crippen MR) is 57.4 cm³/mol. The van der Waals surface area contributed by atoms with Crippen LogP contribution in [0.1, 0.15) is 18.4 Å². The lowest BCUT2D eigenvalue weighted by molar-refractivity contribution is -0.137. The van der Waals surface area contributed by atoms with Crippen molar-refractivity contribution in [3.8, 4) is 0 Å². The molecule has 1 fully saturated rings. The molecule has 1 aromatic rings. The molecule has 1 heterocycles. The first-order valence-electron chi connectivity index (χ1n) is 5.16. The normalized spacial score (nSPS) is 16.6. The molecule has 2 N–H and O–H groups in total. The van der Waals surface area contributed by atoms with Gasteiger partial charge in [0, 0.05) is 13.0 Å². The van der Waals surface area contributed by atoms with Crippen LogP contribution < -0.4 is 10.6 Å². The smallest absolute Gasteiger partial charge is 0.397 e. The number of carbonyl (C=O) groups excluding carboxylic acids is 1. The fourth-order valence-corrected chi connectivity index (χ4v) is 1.86. The molecule has 0 unspecified atom stereocenters. The number of alkyl halides is 3. The summed E-state index contributed by atoms with van der Waals surface area (Å²) in [6, 6.07) is 3.03. The summed E-state index contributed by atoms with van der Waals surface area (Å²) in [5.41, 5.74) is 5.17. The number of hydrogen-bond acceptors (Lipinski definition) is 2. The van der Waals surface area contributed by atoms with Gasteiger partial charge in [0.1, 0.15) is 0 Å². The van der Waals surface area contributed by atoms with Gasteiger partial charge in [-0.1, -0.05) is 0 Å². The molecule has 2 rings (SSSR count). The molecule has 1 aromatic carbocycles. The van der Waals surface area contributed by atoms with E-state index in [0.29, 0.717) is 19.4 Å². The Hall–Kier alpha value is -1.72. The van der Waals surface area contributed by atoms with E-state index in [1.807, 2.05) is 0 Å². The number of amides is 1. The van der Waals surface area contributed by atoms with Crippen LogP contribution in [0.4, 0.5) is 24.5 Å². The summed E-state index contributed by atoms with van der Waals surface area (Å²) >= 11 is 0. The number of halogens is 3. The summed E-state index contributed by atoms with van der Waals surface area (Å²) in [5.74, 6) is -0.184. The Balaban J connectivity index is 2.42. The van der Waals surface area contributed by atoms with Crippen molar-refractivity contribution in [2.24, 2.45) is 0 Å². The van der Waals surface area contributed by atoms with E-state index < -0.39 is 11.7 Å². The van der Waals surface area contributed by atoms with Gasteiger partial charge in [-0.05, 0) is 24.6 Å². The molecule has 0 saturated carbocycles. The third-order valence-corrected chi connectivity index (χ3v) is 2.72. The van der Waals surface area contributed by atoms with Gasteiger partial charge >= 0.3 is 6.18 Å². The zero-order chi connectivity index (χ0) is 12.6. The van der Waals surface area contributed by atoms with Crippen LogP contribution in [-0.2, 0) is 11.0 Å². The zero-order valence-corrected chi connectivity index (χ0v) is 8.92. The summed E-state index contributed by atoms with van der Waals surface area (Å²) < 4.78 is 37.6. The van der Waals surface area contributed by atoms with E-state index in [-0.39, 0.29) is 17.3 Å². The molecule has 3 nitrogen and oxygen atoms in total. The second kappa shape index (κ2) is 3.94. The lowest BCUT2D eigenvalue weighted by Gasteiger charge is -2.19. The highest BCUT2D eigenvalue weighted by atomic mass is 19.4. The van der Waals surface area contributed by atoms with Crippen LogP contribution in [0.3, 0.4) is 0 Å². The third kappa shape index (κ3) is 2.20. The highest BCUT2D eigenvalue weighted by molar-refractivity contribution is 5.98. The minimum atomic E-state index is -4.43. The Morgan fingerprint density at radius 2 is 2.00 bits per heavy atom. The maximum atomic E-state index is 12.5. The van der Waals surface area contributed by atoms with Gasteiger partial charge in [-0.15, -0.1) is 0 Å². The van der Waals surface area contributed by atoms with E-state index in [1.165, 1.54) is 11.0 Å². The fourth-order valence-electron chi connectivity index (χ4n) is 1.86. The Kier molecular flexibility index (Phi) is 2.73. The highest BCUT2D eigenvalue weighted by Crippen LogP contribution is 2.35. The number of nitrogens with two attached hydrogens (primary N) is 1. The number of carbonyl (C=O) groups is 1. The second-order valence-electron chi connectivity index (χ2n) is 3.92. The molecule has 92 valence electrons. The van der Waals surface area contributed by atoms with E-state index in [9.17, 15) is 18.0 Å². The van der Waals surface area contributed by atoms with Gasteiger partial charge < -0.3 is 10.6 Å². The van der Waals surface area contributed by atoms with Crippen LogP contribution in [0.25, 0.3) is 0 Å². The summed E-state index contributed by atoms with van der Waals surface area (Å²) in [6.07, 6.45) is -3.42. The maximum absolute atomic E-state index is 12.5. The molecule has 1 aliphatic heterocycles. The predicted octanol–water partition coefficient (Wildman–Crippen LogP) is 2.41. The van der Waals surface area contributed by atoms with Crippen LogP contribution in [0.2, 0.25) is 0 Å². The Morgan fingerprint density at radius 3 is 2.53 bits per heavy atom. The fraction of sp³-hybridized carbons (Fsp3) is 0.364. The summed E-state index contributed by atoms with van der Waals surface area (Å²) in [7, 11) is 0. The zero-order valence-electron chi connectivity index (χ0n) is 8.92. The van der Waals surface area contributed by atoms with Gasteiger partial charge in [-0.3, -0.25) is 4.79 Å². The maximum Gasteiger partial charge on any atom is 0.416 e. The van der Waals surface area contributed by atoms with Gasteiger partial charge in [0.2, 0.25) is 5.91 Å². The quantitative estimate of drug-likeness (QED) is 0.771. The first-order valence-corrected chi connectivity index (χ1v) is 5.16. The first-order chi connectivity index (χ1) is 7.89. The topological polar surface area (TPSA) is 46.3 Å². The van der Waals surface area contributed by atoms with E-state index in [1.54, 1.807) is 0 Å². The van der Waals surface area contributed by atoms with Crippen molar-refractivity contribution in [2.75, 3.05) is 17.2 Å². The molecule has 0 atom stereocenters. The molecule has 1 aliphatic rings. The molecule has 0 aliphatic carbocycles. The summed E-state index contributed by atoms with van der Waals surface area (Å²) in [5, 5.41) is 0. The van der Waals surface area contributed by atoms with E-state index in [2.05, 4.69) is 0 Å². The second-order valence-corrected chi connectivity index (χ2v) is 3.92. The summed E-state index contributed by atoms with van der Waals surface area (Å²) in [6.45, 7) is 0.421. The van der Waals surface area contributed by atoms with Gasteiger partial charge in [0.15, 0.2) is 0 Å². The van der Waals surface area contributed by atoms with Crippen LogP contribution in [-0.4, -0.2) is 12.5 Å². The number of rotatable bonds is 1. The number of nitrogen functional groups attached to an aromatic ring is 1. The van der Waals surface area contributed by atoms with Crippen molar-refractivity contribution in [3.63, 3.8) is 0 Å². The third-order valence-electron chi connectivity index (χ3n) is 2.72. The van der Waals surface area contributed by atoms with Gasteiger partial charge in [0.05, 0.1) is 16.9 Å². The molecule has 0 radical (unpaired) electrons. The number of benzene rings is 1. The molecular formula is C11H11F3N2O. The van der Waals surface area contributed by atoms with Crippen molar-refractivity contribution < 1.29 is 18.0 Å². The van der Waals surface area contributed by atoms with E-state index in [4.69, 9.17) is 5.73 Å². The van der Waals surface area contributed by atoms with Gasteiger partial charge in [-0.25, -0.2) is 0 Å². The molecule has 1 amide bonds. The van der Waals surface area contributed by atoms with Crippen molar-refractivity contribution in [1.29, 1.82) is 0 Å². The lowest BCUT2D eigenvalue weighted by Crippen LogP contribution is -2.25. The molecular weight excluding hydrogens is 233 g/mol.